The Morgan fingerprint density at radius 3 is 2.87 bits per heavy atom. The minimum absolute atomic E-state index is 0.00870. The molecule has 0 bridgehead atoms. The Kier molecular flexibility index (Phi) is 3.07. The fourth-order valence-corrected chi connectivity index (χ4v) is 2.09. The van der Waals surface area contributed by atoms with Crippen LogP contribution in [0.3, 0.4) is 0 Å². The van der Waals surface area contributed by atoms with Gasteiger partial charge in [0.15, 0.2) is 0 Å². The van der Waals surface area contributed by atoms with Crippen LogP contribution in [0, 0.1) is 0 Å². The standard InChI is InChI=1S/C11H13BrN2O/c1-14-6-10(7-14)13-11(15)8-3-2-4-9(12)5-8/h2-5,10H,6-7H2,1H3,(H,13,15). The second kappa shape index (κ2) is 4.33. The molecule has 1 aromatic rings. The predicted molar refractivity (Wildman–Crippen MR) is 62.9 cm³/mol. The van der Waals surface area contributed by atoms with Gasteiger partial charge < -0.3 is 10.2 Å². The van der Waals surface area contributed by atoms with Crippen LogP contribution in [0.5, 0.6) is 0 Å². The van der Waals surface area contributed by atoms with E-state index < -0.39 is 0 Å². The number of nitrogens with zero attached hydrogens (tertiary/aromatic N) is 1. The number of carbonyl (C=O) groups is 1. The average Bonchev–Trinajstić information content (AvgIpc) is 2.15. The molecule has 1 aromatic carbocycles. The van der Waals surface area contributed by atoms with Crippen molar-refractivity contribution in [3.05, 3.63) is 34.3 Å². The van der Waals surface area contributed by atoms with Crippen LogP contribution in [0.15, 0.2) is 28.7 Å². The number of likely N-dealkylation sites (N-methyl/N-ethyl adjacent to an activating group) is 1. The molecule has 0 atom stereocenters. The highest BCUT2D eigenvalue weighted by Crippen LogP contribution is 2.12. The molecule has 0 spiro atoms. The summed E-state index contributed by atoms with van der Waals surface area (Å²) in [7, 11) is 2.04. The third-order valence-electron chi connectivity index (χ3n) is 2.49. The molecule has 15 heavy (non-hydrogen) atoms. The van der Waals surface area contributed by atoms with E-state index in [-0.39, 0.29) is 5.91 Å². The molecular formula is C11H13BrN2O. The summed E-state index contributed by atoms with van der Waals surface area (Å²) in [6, 6.07) is 7.74. The molecule has 1 heterocycles. The first-order chi connectivity index (χ1) is 7.15. The van der Waals surface area contributed by atoms with Crippen LogP contribution >= 0.6 is 15.9 Å². The van der Waals surface area contributed by atoms with Crippen molar-refractivity contribution in [2.24, 2.45) is 0 Å². The monoisotopic (exact) mass is 268 g/mol. The van der Waals surface area contributed by atoms with Gasteiger partial charge in [0.25, 0.3) is 5.91 Å². The first-order valence-electron chi connectivity index (χ1n) is 4.90. The van der Waals surface area contributed by atoms with Gasteiger partial charge in [0.2, 0.25) is 0 Å². The second-order valence-corrected chi connectivity index (χ2v) is 4.82. The zero-order chi connectivity index (χ0) is 10.8. The molecule has 1 aliphatic rings. The summed E-state index contributed by atoms with van der Waals surface area (Å²) >= 11 is 3.35. The van der Waals surface area contributed by atoms with Crippen molar-refractivity contribution in [3.63, 3.8) is 0 Å². The number of likely N-dealkylation sites (tertiary alicyclic amines) is 1. The maximum Gasteiger partial charge on any atom is 0.251 e. The van der Waals surface area contributed by atoms with Gasteiger partial charge >= 0.3 is 0 Å². The van der Waals surface area contributed by atoms with E-state index in [2.05, 4.69) is 26.1 Å². The van der Waals surface area contributed by atoms with Crippen LogP contribution in [0.25, 0.3) is 0 Å². The molecule has 80 valence electrons. The zero-order valence-corrected chi connectivity index (χ0v) is 10.1. The number of hydrogen-bond donors (Lipinski definition) is 1. The summed E-state index contributed by atoms with van der Waals surface area (Å²) in [5, 5.41) is 2.99. The Balaban J connectivity index is 1.96. The molecule has 0 radical (unpaired) electrons. The average molecular weight is 269 g/mol. The normalized spacial score (nSPS) is 17.2. The molecule has 1 aliphatic heterocycles. The van der Waals surface area contributed by atoms with E-state index in [1.54, 1.807) is 0 Å². The zero-order valence-electron chi connectivity index (χ0n) is 8.53. The number of benzene rings is 1. The lowest BCUT2D eigenvalue weighted by molar-refractivity contribution is 0.0857. The first kappa shape index (κ1) is 10.6. The van der Waals surface area contributed by atoms with Crippen molar-refractivity contribution in [2.75, 3.05) is 20.1 Å². The minimum atomic E-state index is 0.00870. The van der Waals surface area contributed by atoms with Gasteiger partial charge in [-0.25, -0.2) is 0 Å². The fourth-order valence-electron chi connectivity index (χ4n) is 1.69. The highest BCUT2D eigenvalue weighted by atomic mass is 79.9. The van der Waals surface area contributed by atoms with Crippen molar-refractivity contribution in [1.82, 2.24) is 10.2 Å². The van der Waals surface area contributed by atoms with E-state index >= 15 is 0 Å². The Morgan fingerprint density at radius 2 is 2.27 bits per heavy atom. The summed E-state index contributed by atoms with van der Waals surface area (Å²) in [5.74, 6) is 0.00870. The van der Waals surface area contributed by atoms with Gasteiger partial charge in [0.05, 0.1) is 6.04 Å². The van der Waals surface area contributed by atoms with Crippen molar-refractivity contribution in [2.45, 2.75) is 6.04 Å². The Bertz CT molecular complexity index is 375. The Labute approximate surface area is 97.6 Å². The maximum absolute atomic E-state index is 11.8. The van der Waals surface area contributed by atoms with Gasteiger partial charge in [0, 0.05) is 23.1 Å². The second-order valence-electron chi connectivity index (χ2n) is 3.90. The number of carbonyl (C=O) groups excluding carboxylic acids is 1. The summed E-state index contributed by atoms with van der Waals surface area (Å²) in [4.78, 5) is 13.9. The van der Waals surface area contributed by atoms with E-state index in [1.807, 2.05) is 31.3 Å². The molecule has 1 saturated heterocycles. The van der Waals surface area contributed by atoms with Gasteiger partial charge in [-0.05, 0) is 25.2 Å². The molecule has 0 aliphatic carbocycles. The third kappa shape index (κ3) is 2.58. The molecule has 3 nitrogen and oxygen atoms in total. The summed E-state index contributed by atoms with van der Waals surface area (Å²) in [5.41, 5.74) is 0.707. The van der Waals surface area contributed by atoms with E-state index in [9.17, 15) is 4.79 Å². The Morgan fingerprint density at radius 1 is 1.53 bits per heavy atom. The summed E-state index contributed by atoms with van der Waals surface area (Å²) in [6.45, 7) is 1.89. The van der Waals surface area contributed by atoms with E-state index in [4.69, 9.17) is 0 Å². The quantitative estimate of drug-likeness (QED) is 0.882. The van der Waals surface area contributed by atoms with Crippen LogP contribution < -0.4 is 5.32 Å². The number of nitrogens with one attached hydrogen (secondary N) is 1. The number of amides is 1. The van der Waals surface area contributed by atoms with Crippen LogP contribution in [0.4, 0.5) is 0 Å². The van der Waals surface area contributed by atoms with Gasteiger partial charge in [-0.2, -0.15) is 0 Å². The molecule has 0 unspecified atom stereocenters. The van der Waals surface area contributed by atoms with E-state index in [0.29, 0.717) is 11.6 Å². The van der Waals surface area contributed by atoms with Crippen molar-refractivity contribution in [1.29, 1.82) is 0 Å². The molecule has 1 N–H and O–H groups in total. The highest BCUT2D eigenvalue weighted by Gasteiger charge is 2.24. The van der Waals surface area contributed by atoms with Gasteiger partial charge in [-0.3, -0.25) is 4.79 Å². The van der Waals surface area contributed by atoms with Crippen LogP contribution in [0.1, 0.15) is 10.4 Å². The number of halogens is 1. The number of hydrogen-bond acceptors (Lipinski definition) is 2. The SMILES string of the molecule is CN1CC(NC(=O)c2cccc(Br)c2)C1. The maximum atomic E-state index is 11.8. The van der Waals surface area contributed by atoms with E-state index in [1.165, 1.54) is 0 Å². The summed E-state index contributed by atoms with van der Waals surface area (Å²) < 4.78 is 0.931. The lowest BCUT2D eigenvalue weighted by Crippen LogP contribution is -2.57. The van der Waals surface area contributed by atoms with E-state index in [0.717, 1.165) is 17.6 Å². The van der Waals surface area contributed by atoms with Crippen LogP contribution in [-0.2, 0) is 0 Å². The molecule has 2 rings (SSSR count). The van der Waals surface area contributed by atoms with Crippen molar-refractivity contribution in [3.8, 4) is 0 Å². The Hall–Kier alpha value is -0.870. The minimum Gasteiger partial charge on any atom is -0.347 e. The van der Waals surface area contributed by atoms with Gasteiger partial charge in [-0.1, -0.05) is 22.0 Å². The van der Waals surface area contributed by atoms with Gasteiger partial charge in [0.1, 0.15) is 0 Å². The third-order valence-corrected chi connectivity index (χ3v) is 2.98. The van der Waals surface area contributed by atoms with Crippen LogP contribution in [0.2, 0.25) is 0 Å². The smallest absolute Gasteiger partial charge is 0.251 e. The topological polar surface area (TPSA) is 32.3 Å². The largest absolute Gasteiger partial charge is 0.347 e. The lowest BCUT2D eigenvalue weighted by atomic mass is 10.1. The molecule has 1 amide bonds. The van der Waals surface area contributed by atoms with Crippen LogP contribution in [-0.4, -0.2) is 37.0 Å². The molecule has 0 aromatic heterocycles. The first-order valence-corrected chi connectivity index (χ1v) is 5.69. The molecular weight excluding hydrogens is 256 g/mol. The molecule has 0 saturated carbocycles. The van der Waals surface area contributed by atoms with Crippen molar-refractivity contribution < 1.29 is 4.79 Å². The van der Waals surface area contributed by atoms with Crippen molar-refractivity contribution >= 4 is 21.8 Å². The predicted octanol–water partition coefficient (Wildman–Crippen LogP) is 1.49. The summed E-state index contributed by atoms with van der Waals surface area (Å²) in [6.07, 6.45) is 0. The fraction of sp³-hybridized carbons (Fsp3) is 0.364. The lowest BCUT2D eigenvalue weighted by Gasteiger charge is -2.36. The molecule has 1 fully saturated rings. The van der Waals surface area contributed by atoms with Gasteiger partial charge in [-0.15, -0.1) is 0 Å². The number of rotatable bonds is 2. The highest BCUT2D eigenvalue weighted by molar-refractivity contribution is 9.10. The molecule has 4 heteroatoms.